The molecule has 0 fully saturated rings. The van der Waals surface area contributed by atoms with Crippen molar-refractivity contribution in [3.8, 4) is 0 Å². The summed E-state index contributed by atoms with van der Waals surface area (Å²) in [5.74, 6) is 0.483. The molecule has 0 radical (unpaired) electrons. The number of nitrogens with zero attached hydrogens (tertiary/aromatic N) is 3. The molecule has 2 rings (SSSR count). The van der Waals surface area contributed by atoms with E-state index in [4.69, 9.17) is 5.73 Å². The molecule has 100 valence electrons. The van der Waals surface area contributed by atoms with Crippen LogP contribution in [0.4, 0.5) is 5.69 Å². The van der Waals surface area contributed by atoms with E-state index in [1.807, 2.05) is 33.0 Å². The zero-order chi connectivity index (χ0) is 14.0. The largest absolute Gasteiger partial charge is 0.398 e. The Hall–Kier alpha value is -2.37. The number of nitrogens with one attached hydrogen (secondary N) is 1. The lowest BCUT2D eigenvalue weighted by atomic mass is 10.1. The minimum Gasteiger partial charge on any atom is -0.398 e. The molecule has 0 aliphatic rings. The van der Waals surface area contributed by atoms with Gasteiger partial charge in [0.1, 0.15) is 6.33 Å². The van der Waals surface area contributed by atoms with E-state index in [-0.39, 0.29) is 11.9 Å². The molecule has 0 spiro atoms. The average molecular weight is 259 g/mol. The van der Waals surface area contributed by atoms with Crippen LogP contribution in [0.5, 0.6) is 0 Å². The molecule has 1 unspecified atom stereocenters. The summed E-state index contributed by atoms with van der Waals surface area (Å²) in [4.78, 5) is 12.2. The van der Waals surface area contributed by atoms with Crippen molar-refractivity contribution in [3.63, 3.8) is 0 Å². The van der Waals surface area contributed by atoms with E-state index in [0.717, 1.165) is 5.56 Å². The minimum atomic E-state index is -0.236. The average Bonchev–Trinajstić information content (AvgIpc) is 2.79. The molecule has 0 saturated carbocycles. The van der Waals surface area contributed by atoms with Gasteiger partial charge in [0.15, 0.2) is 5.82 Å². The molecule has 0 bridgehead atoms. The molecule has 1 amide bonds. The summed E-state index contributed by atoms with van der Waals surface area (Å²) in [7, 11) is 1.83. The van der Waals surface area contributed by atoms with Crippen molar-refractivity contribution in [3.05, 3.63) is 41.5 Å². The predicted octanol–water partition coefficient (Wildman–Crippen LogP) is 1.20. The maximum absolute atomic E-state index is 12.2. The van der Waals surface area contributed by atoms with Crippen molar-refractivity contribution in [2.24, 2.45) is 7.05 Å². The van der Waals surface area contributed by atoms with Gasteiger partial charge < -0.3 is 15.6 Å². The van der Waals surface area contributed by atoms with E-state index in [1.54, 1.807) is 17.0 Å². The molecule has 6 nitrogen and oxygen atoms in total. The number of nitrogens with two attached hydrogens (primary N) is 1. The first-order valence-corrected chi connectivity index (χ1v) is 6.00. The third kappa shape index (κ3) is 2.57. The standard InChI is InChI=1S/C13H17N5O/c1-8-5-4-6-10(11(8)14)13(19)16-9(2)12-17-15-7-18(12)3/h4-7,9H,14H2,1-3H3,(H,16,19). The quantitative estimate of drug-likeness (QED) is 0.811. The predicted molar refractivity (Wildman–Crippen MR) is 72.5 cm³/mol. The van der Waals surface area contributed by atoms with Crippen LogP contribution in [0.3, 0.4) is 0 Å². The summed E-state index contributed by atoms with van der Waals surface area (Å²) in [5.41, 5.74) is 7.79. The Labute approximate surface area is 111 Å². The van der Waals surface area contributed by atoms with Gasteiger partial charge in [-0.3, -0.25) is 4.79 Å². The highest BCUT2D eigenvalue weighted by Crippen LogP contribution is 2.17. The Morgan fingerprint density at radius 1 is 1.47 bits per heavy atom. The third-order valence-electron chi connectivity index (χ3n) is 3.05. The molecule has 1 heterocycles. The number of hydrogen-bond acceptors (Lipinski definition) is 4. The zero-order valence-corrected chi connectivity index (χ0v) is 11.2. The highest BCUT2D eigenvalue weighted by atomic mass is 16.1. The minimum absolute atomic E-state index is 0.211. The number of aryl methyl sites for hydroxylation is 2. The van der Waals surface area contributed by atoms with E-state index in [0.29, 0.717) is 17.1 Å². The van der Waals surface area contributed by atoms with Crippen LogP contribution in [0.2, 0.25) is 0 Å². The summed E-state index contributed by atoms with van der Waals surface area (Å²) in [6.07, 6.45) is 1.60. The molecule has 0 aliphatic heterocycles. The number of benzene rings is 1. The lowest BCUT2D eigenvalue weighted by molar-refractivity contribution is 0.0938. The van der Waals surface area contributed by atoms with Crippen molar-refractivity contribution >= 4 is 11.6 Å². The van der Waals surface area contributed by atoms with Gasteiger partial charge in [0.05, 0.1) is 11.6 Å². The number of hydrogen-bond donors (Lipinski definition) is 2. The second-order valence-corrected chi connectivity index (χ2v) is 4.53. The van der Waals surface area contributed by atoms with Crippen LogP contribution in [0.15, 0.2) is 24.5 Å². The topological polar surface area (TPSA) is 85.8 Å². The highest BCUT2D eigenvalue weighted by Gasteiger charge is 2.17. The molecule has 1 aromatic carbocycles. The molecule has 1 atom stereocenters. The normalized spacial score (nSPS) is 12.2. The summed E-state index contributed by atoms with van der Waals surface area (Å²) in [5, 5.41) is 10.6. The number of nitrogen functional groups attached to an aromatic ring is 1. The van der Waals surface area contributed by atoms with Crippen LogP contribution in [-0.4, -0.2) is 20.7 Å². The molecular weight excluding hydrogens is 242 g/mol. The van der Waals surface area contributed by atoms with Crippen molar-refractivity contribution in [2.45, 2.75) is 19.9 Å². The Bertz CT molecular complexity index is 605. The highest BCUT2D eigenvalue weighted by molar-refractivity contribution is 5.99. The summed E-state index contributed by atoms with van der Waals surface area (Å²) < 4.78 is 1.77. The first kappa shape index (κ1) is 13.1. The summed E-state index contributed by atoms with van der Waals surface area (Å²) in [6, 6.07) is 5.16. The van der Waals surface area contributed by atoms with Crippen LogP contribution in [-0.2, 0) is 7.05 Å². The van der Waals surface area contributed by atoms with Gasteiger partial charge in [0, 0.05) is 12.7 Å². The number of carbonyl (C=O) groups is 1. The second kappa shape index (κ2) is 5.09. The molecule has 6 heteroatoms. The number of para-hydroxylation sites is 1. The number of amides is 1. The van der Waals surface area contributed by atoms with Crippen molar-refractivity contribution in [2.75, 3.05) is 5.73 Å². The van der Waals surface area contributed by atoms with Gasteiger partial charge in [0.25, 0.3) is 5.91 Å². The molecule has 0 aliphatic carbocycles. The summed E-state index contributed by atoms with van der Waals surface area (Å²) in [6.45, 7) is 3.73. The van der Waals surface area contributed by atoms with Gasteiger partial charge in [0.2, 0.25) is 0 Å². The number of rotatable bonds is 3. The molecule has 3 N–H and O–H groups in total. The van der Waals surface area contributed by atoms with E-state index in [2.05, 4.69) is 15.5 Å². The smallest absolute Gasteiger partial charge is 0.253 e. The SMILES string of the molecule is Cc1cccc(C(=O)NC(C)c2nncn2C)c1N. The van der Waals surface area contributed by atoms with E-state index in [1.165, 1.54) is 0 Å². The van der Waals surface area contributed by atoms with Crippen molar-refractivity contribution in [1.82, 2.24) is 20.1 Å². The van der Waals surface area contributed by atoms with Gasteiger partial charge in [-0.05, 0) is 25.5 Å². The van der Waals surface area contributed by atoms with Crippen LogP contribution in [0.25, 0.3) is 0 Å². The Balaban J connectivity index is 2.18. The Morgan fingerprint density at radius 2 is 2.21 bits per heavy atom. The maximum atomic E-state index is 12.2. The molecule has 2 aromatic rings. The fourth-order valence-corrected chi connectivity index (χ4v) is 1.90. The number of carbonyl (C=O) groups excluding carboxylic acids is 1. The Kier molecular flexibility index (Phi) is 3.50. The van der Waals surface area contributed by atoms with Crippen LogP contribution >= 0.6 is 0 Å². The lowest BCUT2D eigenvalue weighted by Crippen LogP contribution is -2.29. The molecule has 19 heavy (non-hydrogen) atoms. The summed E-state index contributed by atoms with van der Waals surface area (Å²) >= 11 is 0. The third-order valence-corrected chi connectivity index (χ3v) is 3.05. The van der Waals surface area contributed by atoms with Crippen molar-refractivity contribution in [1.29, 1.82) is 0 Å². The number of anilines is 1. The van der Waals surface area contributed by atoms with Gasteiger partial charge >= 0.3 is 0 Å². The monoisotopic (exact) mass is 259 g/mol. The van der Waals surface area contributed by atoms with Crippen LogP contribution in [0.1, 0.15) is 34.7 Å². The van der Waals surface area contributed by atoms with Gasteiger partial charge in [-0.15, -0.1) is 10.2 Å². The number of aromatic nitrogens is 3. The van der Waals surface area contributed by atoms with Gasteiger partial charge in [-0.1, -0.05) is 12.1 Å². The fourth-order valence-electron chi connectivity index (χ4n) is 1.90. The molecule has 0 saturated heterocycles. The lowest BCUT2D eigenvalue weighted by Gasteiger charge is -2.14. The zero-order valence-electron chi connectivity index (χ0n) is 11.2. The Morgan fingerprint density at radius 3 is 2.84 bits per heavy atom. The van der Waals surface area contributed by atoms with E-state index >= 15 is 0 Å². The first-order valence-electron chi connectivity index (χ1n) is 6.00. The van der Waals surface area contributed by atoms with E-state index < -0.39 is 0 Å². The maximum Gasteiger partial charge on any atom is 0.253 e. The molecule has 1 aromatic heterocycles. The molecular formula is C13H17N5O. The van der Waals surface area contributed by atoms with Crippen LogP contribution < -0.4 is 11.1 Å². The van der Waals surface area contributed by atoms with Gasteiger partial charge in [-0.25, -0.2) is 0 Å². The van der Waals surface area contributed by atoms with E-state index in [9.17, 15) is 4.79 Å². The van der Waals surface area contributed by atoms with Crippen molar-refractivity contribution < 1.29 is 4.79 Å². The van der Waals surface area contributed by atoms with Gasteiger partial charge in [-0.2, -0.15) is 0 Å². The fraction of sp³-hybridized carbons (Fsp3) is 0.308. The second-order valence-electron chi connectivity index (χ2n) is 4.53. The first-order chi connectivity index (χ1) is 9.00. The van der Waals surface area contributed by atoms with Crippen LogP contribution in [0, 0.1) is 6.92 Å².